The van der Waals surface area contributed by atoms with Crippen LogP contribution in [0.1, 0.15) is 86.0 Å². The van der Waals surface area contributed by atoms with Gasteiger partial charge in [0.2, 0.25) is 0 Å². The number of aliphatic hydroxyl groups is 1. The third-order valence-electron chi connectivity index (χ3n) is 4.78. The second-order valence-electron chi connectivity index (χ2n) is 7.87. The lowest BCUT2D eigenvalue weighted by Gasteiger charge is -2.61. The molecule has 1 saturated heterocycles. The molecule has 0 amide bonds. The predicted octanol–water partition coefficient (Wildman–Crippen LogP) is 3.83. The van der Waals surface area contributed by atoms with Gasteiger partial charge in [-0.2, -0.15) is 4.81 Å². The minimum atomic E-state index is -1.01. The summed E-state index contributed by atoms with van der Waals surface area (Å²) >= 11 is 0. The Kier molecular flexibility index (Phi) is 6.42. The first-order valence-electron chi connectivity index (χ1n) is 8.56. The SMILES string of the molecule is CCCCCCCC(=O)O[N+]1([O-])C(C)(C)CC(O)CC1(C)C. The molecule has 0 aromatic carbocycles. The van der Waals surface area contributed by atoms with Crippen LogP contribution in [0.5, 0.6) is 0 Å². The van der Waals surface area contributed by atoms with Crippen molar-refractivity contribution in [1.29, 1.82) is 0 Å². The van der Waals surface area contributed by atoms with Gasteiger partial charge in [-0.1, -0.05) is 32.6 Å². The van der Waals surface area contributed by atoms with Crippen molar-refractivity contribution in [3.63, 3.8) is 0 Å². The molecule has 0 aliphatic carbocycles. The summed E-state index contributed by atoms with van der Waals surface area (Å²) in [6, 6.07) is 0. The molecule has 1 fully saturated rings. The Bertz CT molecular complexity index is 361. The first-order chi connectivity index (χ1) is 10.1. The van der Waals surface area contributed by atoms with Crippen molar-refractivity contribution in [1.82, 2.24) is 0 Å². The van der Waals surface area contributed by atoms with E-state index in [1.54, 1.807) is 27.7 Å². The lowest BCUT2D eigenvalue weighted by molar-refractivity contribution is -1.13. The highest BCUT2D eigenvalue weighted by Gasteiger charge is 2.57. The van der Waals surface area contributed by atoms with Crippen LogP contribution in [-0.4, -0.2) is 33.1 Å². The topological polar surface area (TPSA) is 69.6 Å². The van der Waals surface area contributed by atoms with Crippen molar-refractivity contribution in [2.24, 2.45) is 0 Å². The number of unbranched alkanes of at least 4 members (excludes halogenated alkanes) is 4. The molecular formula is C17H33NO4. The van der Waals surface area contributed by atoms with Gasteiger partial charge in [0.15, 0.2) is 0 Å². The zero-order valence-corrected chi connectivity index (χ0v) is 14.9. The van der Waals surface area contributed by atoms with Crippen molar-refractivity contribution in [3.8, 4) is 0 Å². The molecule has 1 heterocycles. The van der Waals surface area contributed by atoms with Crippen LogP contribution in [0.15, 0.2) is 0 Å². The number of carbonyl (C=O) groups is 1. The van der Waals surface area contributed by atoms with Gasteiger partial charge in [-0.15, -0.1) is 0 Å². The Hall–Kier alpha value is -0.650. The molecule has 5 heteroatoms. The van der Waals surface area contributed by atoms with Gasteiger partial charge in [0.25, 0.3) is 0 Å². The van der Waals surface area contributed by atoms with E-state index in [1.807, 2.05) is 0 Å². The zero-order chi connectivity index (χ0) is 17.0. The zero-order valence-electron chi connectivity index (χ0n) is 14.9. The van der Waals surface area contributed by atoms with Crippen LogP contribution in [-0.2, 0) is 9.63 Å². The molecule has 1 rings (SSSR count). The van der Waals surface area contributed by atoms with Gasteiger partial charge in [-0.25, -0.2) is 4.79 Å². The average Bonchev–Trinajstić information content (AvgIpc) is 2.35. The maximum Gasteiger partial charge on any atom is 0.367 e. The van der Waals surface area contributed by atoms with Gasteiger partial charge >= 0.3 is 5.97 Å². The number of carbonyl (C=O) groups excluding carboxylic acids is 1. The number of hydrogen-bond donors (Lipinski definition) is 1. The van der Waals surface area contributed by atoms with E-state index in [1.165, 1.54) is 6.42 Å². The molecule has 0 spiro atoms. The van der Waals surface area contributed by atoms with E-state index in [0.717, 1.165) is 25.7 Å². The third-order valence-corrected chi connectivity index (χ3v) is 4.78. The van der Waals surface area contributed by atoms with Crippen molar-refractivity contribution >= 4 is 5.97 Å². The van der Waals surface area contributed by atoms with Crippen LogP contribution in [0, 0.1) is 5.21 Å². The highest BCUT2D eigenvalue weighted by Crippen LogP contribution is 2.45. The lowest BCUT2D eigenvalue weighted by Crippen LogP contribution is -2.72. The fourth-order valence-corrected chi connectivity index (χ4v) is 3.59. The van der Waals surface area contributed by atoms with E-state index in [-0.39, 0.29) is 0 Å². The van der Waals surface area contributed by atoms with E-state index in [2.05, 4.69) is 6.92 Å². The predicted molar refractivity (Wildman–Crippen MR) is 86.5 cm³/mol. The number of quaternary nitrogens is 1. The van der Waals surface area contributed by atoms with Crippen molar-refractivity contribution in [2.75, 3.05) is 0 Å². The van der Waals surface area contributed by atoms with Crippen molar-refractivity contribution in [3.05, 3.63) is 5.21 Å². The van der Waals surface area contributed by atoms with Crippen LogP contribution in [0.4, 0.5) is 0 Å². The highest BCUT2D eigenvalue weighted by molar-refractivity contribution is 5.68. The largest absolute Gasteiger partial charge is 0.588 e. The summed E-state index contributed by atoms with van der Waals surface area (Å²) in [5.74, 6) is -0.427. The summed E-state index contributed by atoms with van der Waals surface area (Å²) in [4.78, 5) is 16.5. The fourth-order valence-electron chi connectivity index (χ4n) is 3.59. The summed E-state index contributed by atoms with van der Waals surface area (Å²) in [6.07, 6.45) is 5.65. The summed E-state index contributed by atoms with van der Waals surface area (Å²) in [7, 11) is 0. The van der Waals surface area contributed by atoms with E-state index in [4.69, 9.17) is 4.84 Å². The van der Waals surface area contributed by atoms with E-state index >= 15 is 0 Å². The van der Waals surface area contributed by atoms with Gasteiger partial charge in [-0.05, 0) is 34.1 Å². The molecule has 0 aromatic rings. The molecule has 1 aliphatic heterocycles. The molecular weight excluding hydrogens is 282 g/mol. The van der Waals surface area contributed by atoms with Gasteiger partial charge in [0.05, 0.1) is 12.5 Å². The number of nitrogens with zero attached hydrogens (tertiary/aromatic N) is 1. The van der Waals surface area contributed by atoms with Crippen LogP contribution in [0.2, 0.25) is 0 Å². The van der Waals surface area contributed by atoms with Crippen molar-refractivity contribution < 1.29 is 19.5 Å². The second-order valence-corrected chi connectivity index (χ2v) is 7.87. The normalized spacial score (nSPS) is 30.0. The van der Waals surface area contributed by atoms with Gasteiger partial charge in [0, 0.05) is 12.8 Å². The number of rotatable bonds is 7. The highest BCUT2D eigenvalue weighted by atomic mass is 16.9. The van der Waals surface area contributed by atoms with Crippen LogP contribution in [0.25, 0.3) is 0 Å². The van der Waals surface area contributed by atoms with Crippen LogP contribution >= 0.6 is 0 Å². The summed E-state index contributed by atoms with van der Waals surface area (Å²) < 4.78 is 0. The summed E-state index contributed by atoms with van der Waals surface area (Å²) in [5.41, 5.74) is -1.70. The first-order valence-corrected chi connectivity index (χ1v) is 8.56. The number of hydrogen-bond acceptors (Lipinski definition) is 4. The molecule has 0 radical (unpaired) electrons. The van der Waals surface area contributed by atoms with Crippen molar-refractivity contribution in [2.45, 2.75) is 103 Å². The Balaban J connectivity index is 2.65. The van der Waals surface area contributed by atoms with E-state index < -0.39 is 28.0 Å². The van der Waals surface area contributed by atoms with Crippen LogP contribution < -0.4 is 0 Å². The number of piperidine rings is 1. The second kappa shape index (κ2) is 7.28. The Morgan fingerprint density at radius 3 is 2.14 bits per heavy atom. The lowest BCUT2D eigenvalue weighted by atomic mass is 9.79. The molecule has 1 aliphatic rings. The third kappa shape index (κ3) is 4.21. The number of hydroxylamine groups is 4. The Morgan fingerprint density at radius 2 is 1.64 bits per heavy atom. The molecule has 0 saturated carbocycles. The molecule has 0 bridgehead atoms. The molecule has 0 unspecified atom stereocenters. The van der Waals surface area contributed by atoms with Gasteiger partial charge in [-0.3, -0.25) is 4.84 Å². The maximum absolute atomic E-state index is 13.3. The molecule has 1 N–H and O–H groups in total. The monoisotopic (exact) mass is 315 g/mol. The standard InChI is InChI=1S/C17H33NO4/c1-6-7-8-9-10-11-15(20)22-18(21)16(2,3)12-14(19)13-17(18,4)5/h14,19H,6-13H2,1-5H3. The minimum Gasteiger partial charge on any atom is -0.588 e. The molecule has 0 aromatic heterocycles. The van der Waals surface area contributed by atoms with Gasteiger partial charge < -0.3 is 10.3 Å². The summed E-state index contributed by atoms with van der Waals surface area (Å²) in [6.45, 7) is 9.20. The number of aliphatic hydroxyl groups excluding tert-OH is 1. The summed E-state index contributed by atoms with van der Waals surface area (Å²) in [5, 5.41) is 23.3. The fraction of sp³-hybridized carbons (Fsp3) is 0.941. The average molecular weight is 315 g/mol. The van der Waals surface area contributed by atoms with Crippen LogP contribution in [0.3, 0.4) is 0 Å². The molecule has 130 valence electrons. The Labute approximate surface area is 134 Å². The maximum atomic E-state index is 13.3. The smallest absolute Gasteiger partial charge is 0.367 e. The molecule has 22 heavy (non-hydrogen) atoms. The quantitative estimate of drug-likeness (QED) is 0.440. The molecule has 0 atom stereocenters. The first kappa shape index (κ1) is 19.4. The van der Waals surface area contributed by atoms with Gasteiger partial charge in [0.1, 0.15) is 11.1 Å². The molecule has 5 nitrogen and oxygen atoms in total. The van der Waals surface area contributed by atoms with E-state index in [9.17, 15) is 15.1 Å². The van der Waals surface area contributed by atoms with E-state index in [0.29, 0.717) is 19.3 Å². The Morgan fingerprint density at radius 1 is 1.14 bits per heavy atom. The minimum absolute atomic E-state index is 0.292.